The van der Waals surface area contributed by atoms with Gasteiger partial charge in [-0.3, -0.25) is 9.08 Å². The van der Waals surface area contributed by atoms with E-state index in [1.165, 1.54) is 0 Å². The van der Waals surface area contributed by atoms with Crippen LogP contribution in [0.3, 0.4) is 0 Å². The third-order valence-electron chi connectivity index (χ3n) is 4.15. The van der Waals surface area contributed by atoms with Crippen molar-refractivity contribution < 1.29 is 4.74 Å². The first kappa shape index (κ1) is 14.2. The van der Waals surface area contributed by atoms with Crippen LogP contribution in [-0.4, -0.2) is 43.3 Å². The van der Waals surface area contributed by atoms with Gasteiger partial charge in [-0.15, -0.1) is 0 Å². The van der Waals surface area contributed by atoms with Crippen LogP contribution in [0, 0.1) is 0 Å². The van der Waals surface area contributed by atoms with E-state index in [0.29, 0.717) is 6.01 Å². The maximum atomic E-state index is 6.22. The van der Waals surface area contributed by atoms with Gasteiger partial charge in [0, 0.05) is 37.3 Å². The summed E-state index contributed by atoms with van der Waals surface area (Å²) in [4.78, 5) is 9.10. The largest absolute Gasteiger partial charge is 0.461 e. The Morgan fingerprint density at radius 2 is 2.26 bits per heavy atom. The van der Waals surface area contributed by atoms with E-state index < -0.39 is 0 Å². The van der Waals surface area contributed by atoms with Crippen LogP contribution in [0.25, 0.3) is 16.9 Å². The lowest BCUT2D eigenvalue weighted by molar-refractivity contribution is 0.169. The van der Waals surface area contributed by atoms with Gasteiger partial charge >= 0.3 is 6.01 Å². The lowest BCUT2D eigenvalue weighted by atomic mass is 10.2. The van der Waals surface area contributed by atoms with Gasteiger partial charge in [0.1, 0.15) is 11.8 Å². The van der Waals surface area contributed by atoms with E-state index in [1.807, 2.05) is 29.9 Å². The second kappa shape index (κ2) is 6.00. The topological polar surface area (TPSA) is 69.3 Å². The molecule has 7 heteroatoms. The van der Waals surface area contributed by atoms with Gasteiger partial charge < -0.3 is 10.1 Å². The van der Waals surface area contributed by atoms with Crippen LogP contribution >= 0.6 is 0 Å². The molecule has 4 heterocycles. The van der Waals surface area contributed by atoms with Crippen molar-refractivity contribution in [3.63, 3.8) is 0 Å². The van der Waals surface area contributed by atoms with Gasteiger partial charge in [0.2, 0.25) is 0 Å². The SMILES string of the molecule is Cn1cc(-c2cc3nccn3c(O[C@H]3CCCNCC3)n2)cn1. The summed E-state index contributed by atoms with van der Waals surface area (Å²) in [6.07, 6.45) is 10.8. The van der Waals surface area contributed by atoms with E-state index in [0.717, 1.165) is 49.3 Å². The first-order valence-corrected chi connectivity index (χ1v) is 8.00. The highest BCUT2D eigenvalue weighted by Gasteiger charge is 2.17. The molecule has 1 aliphatic rings. The van der Waals surface area contributed by atoms with Crippen molar-refractivity contribution in [3.05, 3.63) is 30.9 Å². The van der Waals surface area contributed by atoms with Crippen molar-refractivity contribution in [3.8, 4) is 17.3 Å². The Bertz CT molecular complexity index is 800. The summed E-state index contributed by atoms with van der Waals surface area (Å²) in [5, 5.41) is 7.62. The Balaban J connectivity index is 1.70. The molecule has 0 unspecified atom stereocenters. The number of rotatable bonds is 3. The minimum Gasteiger partial charge on any atom is -0.461 e. The number of ether oxygens (including phenoxy) is 1. The number of hydrogen-bond donors (Lipinski definition) is 1. The van der Waals surface area contributed by atoms with E-state index in [1.54, 1.807) is 17.1 Å². The molecule has 120 valence electrons. The molecule has 1 atom stereocenters. The third-order valence-corrected chi connectivity index (χ3v) is 4.15. The minimum absolute atomic E-state index is 0.187. The van der Waals surface area contributed by atoms with Gasteiger partial charge in [0.25, 0.3) is 0 Å². The highest BCUT2D eigenvalue weighted by atomic mass is 16.5. The van der Waals surface area contributed by atoms with Crippen LogP contribution in [0.5, 0.6) is 6.01 Å². The van der Waals surface area contributed by atoms with E-state index in [4.69, 9.17) is 9.72 Å². The van der Waals surface area contributed by atoms with E-state index in [2.05, 4.69) is 15.4 Å². The zero-order valence-electron chi connectivity index (χ0n) is 13.1. The number of hydrogen-bond acceptors (Lipinski definition) is 5. The van der Waals surface area contributed by atoms with Crippen molar-refractivity contribution in [1.29, 1.82) is 0 Å². The van der Waals surface area contributed by atoms with Crippen LogP contribution in [0.4, 0.5) is 0 Å². The first-order valence-electron chi connectivity index (χ1n) is 8.00. The van der Waals surface area contributed by atoms with E-state index >= 15 is 0 Å². The molecule has 3 aromatic heterocycles. The van der Waals surface area contributed by atoms with E-state index in [-0.39, 0.29) is 6.10 Å². The second-order valence-electron chi connectivity index (χ2n) is 5.90. The van der Waals surface area contributed by atoms with Gasteiger partial charge in [-0.25, -0.2) is 4.98 Å². The number of aryl methyl sites for hydroxylation is 1. The Labute approximate surface area is 134 Å². The zero-order valence-corrected chi connectivity index (χ0v) is 13.1. The summed E-state index contributed by atoms with van der Waals surface area (Å²) in [7, 11) is 1.90. The molecular formula is C16H20N6O. The molecule has 0 spiro atoms. The average Bonchev–Trinajstić information content (AvgIpc) is 3.11. The van der Waals surface area contributed by atoms with Crippen LogP contribution in [0.2, 0.25) is 0 Å². The van der Waals surface area contributed by atoms with Gasteiger partial charge in [-0.2, -0.15) is 10.1 Å². The number of nitrogens with one attached hydrogen (secondary N) is 1. The van der Waals surface area contributed by atoms with Crippen molar-refractivity contribution >= 4 is 5.65 Å². The Morgan fingerprint density at radius 3 is 3.13 bits per heavy atom. The molecule has 1 aliphatic heterocycles. The average molecular weight is 312 g/mol. The molecule has 7 nitrogen and oxygen atoms in total. The summed E-state index contributed by atoms with van der Waals surface area (Å²) < 4.78 is 9.89. The molecule has 0 saturated carbocycles. The monoisotopic (exact) mass is 312 g/mol. The molecule has 3 aromatic rings. The predicted octanol–water partition coefficient (Wildman–Crippen LogP) is 1.65. The number of nitrogens with zero attached hydrogens (tertiary/aromatic N) is 5. The highest BCUT2D eigenvalue weighted by molar-refractivity contribution is 5.62. The number of imidazole rings is 1. The maximum absolute atomic E-state index is 6.22. The van der Waals surface area contributed by atoms with Gasteiger partial charge in [0.05, 0.1) is 11.9 Å². The van der Waals surface area contributed by atoms with Crippen LogP contribution in [-0.2, 0) is 7.05 Å². The maximum Gasteiger partial charge on any atom is 0.303 e. The fourth-order valence-corrected chi connectivity index (χ4v) is 2.93. The van der Waals surface area contributed by atoms with Crippen LogP contribution in [0.1, 0.15) is 19.3 Å². The fraction of sp³-hybridized carbons (Fsp3) is 0.438. The molecule has 1 fully saturated rings. The van der Waals surface area contributed by atoms with Gasteiger partial charge in [-0.05, 0) is 32.4 Å². The first-order chi connectivity index (χ1) is 11.3. The normalized spacial score (nSPS) is 18.9. The minimum atomic E-state index is 0.187. The smallest absolute Gasteiger partial charge is 0.303 e. The summed E-state index contributed by atoms with van der Waals surface area (Å²) in [6, 6.07) is 2.56. The van der Waals surface area contributed by atoms with Gasteiger partial charge in [-0.1, -0.05) is 0 Å². The Morgan fingerprint density at radius 1 is 1.30 bits per heavy atom. The van der Waals surface area contributed by atoms with Gasteiger partial charge in [0.15, 0.2) is 0 Å². The summed E-state index contributed by atoms with van der Waals surface area (Å²) in [5.74, 6) is 0. The molecule has 0 amide bonds. The van der Waals surface area contributed by atoms with Crippen LogP contribution < -0.4 is 10.1 Å². The molecule has 4 rings (SSSR count). The standard InChI is InChI=1S/C16H20N6O/c1-21-11-12(10-19-21)14-9-15-18-7-8-22(15)16(20-14)23-13-3-2-5-17-6-4-13/h7-11,13,17H,2-6H2,1H3/t13-/m0/s1. The quantitative estimate of drug-likeness (QED) is 0.796. The fourth-order valence-electron chi connectivity index (χ4n) is 2.93. The third kappa shape index (κ3) is 2.92. The second-order valence-corrected chi connectivity index (χ2v) is 5.90. The summed E-state index contributed by atoms with van der Waals surface area (Å²) in [6.45, 7) is 2.05. The lowest BCUT2D eigenvalue weighted by Gasteiger charge is -2.17. The van der Waals surface area contributed by atoms with E-state index in [9.17, 15) is 0 Å². The zero-order chi connectivity index (χ0) is 15.6. The Kier molecular flexibility index (Phi) is 3.70. The van der Waals surface area contributed by atoms with Crippen LogP contribution in [0.15, 0.2) is 30.9 Å². The molecule has 1 N–H and O–H groups in total. The molecule has 0 aromatic carbocycles. The van der Waals surface area contributed by atoms with Crippen molar-refractivity contribution in [2.24, 2.45) is 7.05 Å². The number of aromatic nitrogens is 5. The Hall–Kier alpha value is -2.41. The lowest BCUT2D eigenvalue weighted by Crippen LogP contribution is -2.21. The molecule has 0 bridgehead atoms. The summed E-state index contributed by atoms with van der Waals surface area (Å²) >= 11 is 0. The predicted molar refractivity (Wildman–Crippen MR) is 86.3 cm³/mol. The molecule has 0 aliphatic carbocycles. The molecule has 1 saturated heterocycles. The molecule has 23 heavy (non-hydrogen) atoms. The van der Waals surface area contributed by atoms with Crippen molar-refractivity contribution in [1.82, 2.24) is 29.5 Å². The highest BCUT2D eigenvalue weighted by Crippen LogP contribution is 2.23. The molecular weight excluding hydrogens is 292 g/mol. The van der Waals surface area contributed by atoms with Crippen molar-refractivity contribution in [2.45, 2.75) is 25.4 Å². The number of fused-ring (bicyclic) bond motifs is 1. The summed E-state index contributed by atoms with van der Waals surface area (Å²) in [5.41, 5.74) is 2.63. The molecule has 0 radical (unpaired) electrons. The van der Waals surface area contributed by atoms with Crippen molar-refractivity contribution in [2.75, 3.05) is 13.1 Å².